The molecule has 0 aliphatic carbocycles. The van der Waals surface area contributed by atoms with Crippen LogP contribution in [0.15, 0.2) is 18.2 Å². The minimum absolute atomic E-state index is 0.758. The standard InChI is InChI=1S/C13H18N4/c14-10-1-2-11-12(8-10)17-13(16-11)7-9-3-5-15-6-4-9/h1-2,8-9,15H,3-7,14H2,(H,16,17). The van der Waals surface area contributed by atoms with Crippen LogP contribution < -0.4 is 11.1 Å². The summed E-state index contributed by atoms with van der Waals surface area (Å²) >= 11 is 0. The molecule has 0 saturated carbocycles. The SMILES string of the molecule is Nc1ccc2nc(CC3CCNCC3)[nH]c2c1. The minimum atomic E-state index is 0.758. The molecule has 0 amide bonds. The molecule has 1 aromatic heterocycles. The number of nitrogens with two attached hydrogens (primary N) is 1. The summed E-state index contributed by atoms with van der Waals surface area (Å²) in [5.41, 5.74) is 8.61. The van der Waals surface area contributed by atoms with Crippen LogP contribution >= 0.6 is 0 Å². The fourth-order valence-electron chi connectivity index (χ4n) is 2.54. The van der Waals surface area contributed by atoms with E-state index in [1.165, 1.54) is 12.8 Å². The van der Waals surface area contributed by atoms with E-state index in [2.05, 4.69) is 15.3 Å². The number of fused-ring (bicyclic) bond motifs is 1. The third-order valence-electron chi connectivity index (χ3n) is 3.50. The molecule has 4 nitrogen and oxygen atoms in total. The zero-order valence-electron chi connectivity index (χ0n) is 9.87. The molecular formula is C13H18N4. The number of aromatic nitrogens is 2. The smallest absolute Gasteiger partial charge is 0.107 e. The molecule has 0 radical (unpaired) electrons. The monoisotopic (exact) mass is 230 g/mol. The van der Waals surface area contributed by atoms with E-state index >= 15 is 0 Å². The Morgan fingerprint density at radius 1 is 1.29 bits per heavy atom. The Morgan fingerprint density at radius 2 is 2.12 bits per heavy atom. The van der Waals surface area contributed by atoms with Crippen molar-refractivity contribution in [3.8, 4) is 0 Å². The second-order valence-electron chi connectivity index (χ2n) is 4.86. The highest BCUT2D eigenvalue weighted by Crippen LogP contribution is 2.20. The van der Waals surface area contributed by atoms with Crippen molar-refractivity contribution in [1.29, 1.82) is 0 Å². The Balaban J connectivity index is 1.80. The Hall–Kier alpha value is -1.55. The summed E-state index contributed by atoms with van der Waals surface area (Å²) in [6.07, 6.45) is 3.55. The van der Waals surface area contributed by atoms with Gasteiger partial charge in [0.25, 0.3) is 0 Å². The molecule has 17 heavy (non-hydrogen) atoms. The average Bonchev–Trinajstić information content (AvgIpc) is 2.71. The van der Waals surface area contributed by atoms with Crippen molar-refractivity contribution in [3.05, 3.63) is 24.0 Å². The number of H-pyrrole nitrogens is 1. The molecule has 1 fully saturated rings. The number of aromatic amines is 1. The van der Waals surface area contributed by atoms with Gasteiger partial charge in [-0.2, -0.15) is 0 Å². The van der Waals surface area contributed by atoms with Gasteiger partial charge in [-0.1, -0.05) is 0 Å². The van der Waals surface area contributed by atoms with Crippen molar-refractivity contribution in [2.24, 2.45) is 5.92 Å². The van der Waals surface area contributed by atoms with Gasteiger partial charge >= 0.3 is 0 Å². The molecule has 2 aromatic rings. The molecule has 2 heterocycles. The van der Waals surface area contributed by atoms with Gasteiger partial charge < -0.3 is 16.0 Å². The van der Waals surface area contributed by atoms with Gasteiger partial charge in [0.05, 0.1) is 11.0 Å². The van der Waals surface area contributed by atoms with Gasteiger partial charge in [-0.05, 0) is 50.0 Å². The van der Waals surface area contributed by atoms with Crippen LogP contribution in [0.3, 0.4) is 0 Å². The van der Waals surface area contributed by atoms with Gasteiger partial charge in [-0.3, -0.25) is 0 Å². The highest BCUT2D eigenvalue weighted by atomic mass is 14.9. The summed E-state index contributed by atoms with van der Waals surface area (Å²) in [4.78, 5) is 7.99. The number of hydrogen-bond donors (Lipinski definition) is 3. The Labute approximate surface area is 101 Å². The van der Waals surface area contributed by atoms with Crippen molar-refractivity contribution in [2.45, 2.75) is 19.3 Å². The van der Waals surface area contributed by atoms with Crippen LogP contribution in [0.1, 0.15) is 18.7 Å². The molecule has 4 heteroatoms. The van der Waals surface area contributed by atoms with E-state index in [1.807, 2.05) is 18.2 Å². The van der Waals surface area contributed by atoms with Gasteiger partial charge in [0.2, 0.25) is 0 Å². The van der Waals surface area contributed by atoms with E-state index in [0.29, 0.717) is 0 Å². The molecule has 1 aliphatic heterocycles. The Kier molecular flexibility index (Phi) is 2.73. The molecule has 0 spiro atoms. The largest absolute Gasteiger partial charge is 0.399 e. The van der Waals surface area contributed by atoms with E-state index in [4.69, 9.17) is 5.73 Å². The normalized spacial score (nSPS) is 17.6. The van der Waals surface area contributed by atoms with Crippen LogP contribution in [0.4, 0.5) is 5.69 Å². The van der Waals surface area contributed by atoms with Crippen LogP contribution in [0.5, 0.6) is 0 Å². The zero-order chi connectivity index (χ0) is 11.7. The summed E-state index contributed by atoms with van der Waals surface area (Å²) in [5.74, 6) is 1.85. The maximum absolute atomic E-state index is 5.76. The lowest BCUT2D eigenvalue weighted by molar-refractivity contribution is 0.368. The molecule has 1 aliphatic rings. The molecule has 3 rings (SSSR count). The Bertz CT molecular complexity index is 511. The summed E-state index contributed by atoms with van der Waals surface area (Å²) in [6, 6.07) is 5.83. The fraction of sp³-hybridized carbons (Fsp3) is 0.462. The van der Waals surface area contributed by atoms with Gasteiger partial charge in [0, 0.05) is 12.1 Å². The number of nitrogens with zero attached hydrogens (tertiary/aromatic N) is 1. The predicted molar refractivity (Wildman–Crippen MR) is 69.8 cm³/mol. The van der Waals surface area contributed by atoms with E-state index < -0.39 is 0 Å². The number of piperidine rings is 1. The van der Waals surface area contributed by atoms with Crippen molar-refractivity contribution in [2.75, 3.05) is 18.8 Å². The number of nitrogens with one attached hydrogen (secondary N) is 2. The van der Waals surface area contributed by atoms with Crippen LogP contribution in [0.2, 0.25) is 0 Å². The number of anilines is 1. The number of benzene rings is 1. The second-order valence-corrected chi connectivity index (χ2v) is 4.86. The van der Waals surface area contributed by atoms with E-state index in [1.54, 1.807) is 0 Å². The van der Waals surface area contributed by atoms with Crippen LogP contribution in [-0.2, 0) is 6.42 Å². The second kappa shape index (κ2) is 4.37. The first-order valence-electron chi connectivity index (χ1n) is 6.26. The predicted octanol–water partition coefficient (Wildman–Crippen LogP) is 1.69. The van der Waals surface area contributed by atoms with Crippen molar-refractivity contribution < 1.29 is 0 Å². The van der Waals surface area contributed by atoms with E-state index in [-0.39, 0.29) is 0 Å². The summed E-state index contributed by atoms with van der Waals surface area (Å²) in [5, 5.41) is 3.39. The number of imidazole rings is 1. The van der Waals surface area contributed by atoms with Gasteiger partial charge in [0.1, 0.15) is 5.82 Å². The molecule has 0 bridgehead atoms. The number of rotatable bonds is 2. The van der Waals surface area contributed by atoms with E-state index in [0.717, 1.165) is 48.0 Å². The quantitative estimate of drug-likeness (QED) is 0.688. The highest BCUT2D eigenvalue weighted by molar-refractivity contribution is 5.78. The molecule has 0 atom stereocenters. The van der Waals surface area contributed by atoms with Crippen molar-refractivity contribution in [1.82, 2.24) is 15.3 Å². The summed E-state index contributed by atoms with van der Waals surface area (Å²) < 4.78 is 0. The molecule has 1 aromatic carbocycles. The van der Waals surface area contributed by atoms with Gasteiger partial charge in [-0.25, -0.2) is 4.98 Å². The van der Waals surface area contributed by atoms with Crippen molar-refractivity contribution in [3.63, 3.8) is 0 Å². The molecule has 1 saturated heterocycles. The lowest BCUT2D eigenvalue weighted by atomic mass is 9.94. The lowest BCUT2D eigenvalue weighted by Crippen LogP contribution is -2.28. The first kappa shape index (κ1) is 10.6. The third kappa shape index (κ3) is 2.26. The van der Waals surface area contributed by atoms with Crippen LogP contribution in [0.25, 0.3) is 11.0 Å². The van der Waals surface area contributed by atoms with Crippen LogP contribution in [-0.4, -0.2) is 23.1 Å². The summed E-state index contributed by atoms with van der Waals surface area (Å²) in [7, 11) is 0. The van der Waals surface area contributed by atoms with Crippen molar-refractivity contribution >= 4 is 16.7 Å². The lowest BCUT2D eigenvalue weighted by Gasteiger charge is -2.21. The first-order valence-corrected chi connectivity index (χ1v) is 6.26. The van der Waals surface area contributed by atoms with Gasteiger partial charge in [-0.15, -0.1) is 0 Å². The fourth-order valence-corrected chi connectivity index (χ4v) is 2.54. The zero-order valence-corrected chi connectivity index (χ0v) is 9.87. The maximum Gasteiger partial charge on any atom is 0.107 e. The Morgan fingerprint density at radius 3 is 2.94 bits per heavy atom. The number of nitrogen functional groups attached to an aromatic ring is 1. The third-order valence-corrected chi connectivity index (χ3v) is 3.50. The minimum Gasteiger partial charge on any atom is -0.399 e. The average molecular weight is 230 g/mol. The van der Waals surface area contributed by atoms with Gasteiger partial charge in [0.15, 0.2) is 0 Å². The molecular weight excluding hydrogens is 212 g/mol. The molecule has 90 valence electrons. The molecule has 0 unspecified atom stereocenters. The summed E-state index contributed by atoms with van der Waals surface area (Å²) in [6.45, 7) is 2.27. The molecule has 4 N–H and O–H groups in total. The van der Waals surface area contributed by atoms with Crippen LogP contribution in [0, 0.1) is 5.92 Å². The number of hydrogen-bond acceptors (Lipinski definition) is 3. The first-order chi connectivity index (χ1) is 8.31. The van der Waals surface area contributed by atoms with E-state index in [9.17, 15) is 0 Å². The topological polar surface area (TPSA) is 66.7 Å². The highest BCUT2D eigenvalue weighted by Gasteiger charge is 2.15. The maximum atomic E-state index is 5.76.